The molecule has 0 spiro atoms. The van der Waals surface area contributed by atoms with Crippen molar-refractivity contribution in [3.63, 3.8) is 0 Å². The number of aromatic nitrogens is 3. The molecule has 0 aliphatic heterocycles. The maximum Gasteiger partial charge on any atom is 0.238 e. The number of hydrogen-bond acceptors (Lipinski definition) is 6. The number of carbonyl (C=O) groups excluding carboxylic acids is 1. The molecule has 0 saturated heterocycles. The molecular weight excluding hydrogens is 476 g/mol. The number of H-pyrrole nitrogens is 1. The fraction of sp³-hybridized carbons (Fsp3) is 0.208. The molecule has 2 heterocycles. The number of rotatable bonds is 6. The molecule has 182 valence electrons. The first-order valence-corrected chi connectivity index (χ1v) is 12.2. The van der Waals surface area contributed by atoms with Crippen LogP contribution < -0.4 is 10.5 Å². The number of anilines is 1. The van der Waals surface area contributed by atoms with Gasteiger partial charge in [0.05, 0.1) is 21.4 Å². The van der Waals surface area contributed by atoms with E-state index in [1.54, 1.807) is 19.9 Å². The highest BCUT2D eigenvalue weighted by molar-refractivity contribution is 7.89. The molecule has 0 saturated carbocycles. The number of primary sulfonamides is 1. The summed E-state index contributed by atoms with van der Waals surface area (Å²) in [6, 6.07) is 4.94. The second-order valence-electron chi connectivity index (χ2n) is 8.56. The zero-order chi connectivity index (χ0) is 25.7. The number of nitrogens with one attached hydrogen (secondary N) is 2. The second-order valence-corrected chi connectivity index (χ2v) is 10.1. The van der Waals surface area contributed by atoms with Gasteiger partial charge in [-0.15, -0.1) is 0 Å². The van der Waals surface area contributed by atoms with Gasteiger partial charge in [-0.2, -0.15) is 0 Å². The molecule has 0 radical (unpaired) electrons. The van der Waals surface area contributed by atoms with Gasteiger partial charge in [0, 0.05) is 23.4 Å². The molecule has 11 heteroatoms. The molecule has 0 bridgehead atoms. The van der Waals surface area contributed by atoms with E-state index in [9.17, 15) is 17.6 Å². The summed E-state index contributed by atoms with van der Waals surface area (Å²) >= 11 is 0. The predicted octanol–water partition coefficient (Wildman–Crippen LogP) is 4.22. The number of nitrogens with two attached hydrogens (primary N) is 1. The van der Waals surface area contributed by atoms with Crippen molar-refractivity contribution >= 4 is 32.7 Å². The van der Waals surface area contributed by atoms with Crippen molar-refractivity contribution in [3.05, 3.63) is 70.7 Å². The van der Waals surface area contributed by atoms with E-state index in [1.807, 2.05) is 13.8 Å². The number of sulfonamides is 1. The Balaban J connectivity index is 1.96. The van der Waals surface area contributed by atoms with Gasteiger partial charge in [-0.3, -0.25) is 4.79 Å². The molecule has 0 unspecified atom stereocenters. The molecule has 2 aromatic heterocycles. The average molecular weight is 500 g/mol. The first-order valence-electron chi connectivity index (χ1n) is 10.7. The number of aryl methyl sites for hydroxylation is 2. The maximum atomic E-state index is 15.9. The third kappa shape index (κ3) is 4.40. The number of fused-ring (bicyclic) bond motifs is 1. The molecule has 0 amide bonds. The standard InChI is InChI=1S/C24H23F2N5O3S/c1-11(2)31-24-19-15(9-28-23(19)29-10-30-24)22(32)20-16(25)6-5-14(21(20)26)18-13(4)7-12(3)8-17(18)35(27,33)34/h5-11H,1-4H3,(H2,27,33,34)(H2,28,29,30,31). The topological polar surface area (TPSA) is 131 Å². The predicted molar refractivity (Wildman–Crippen MR) is 129 cm³/mol. The molecular formula is C24H23F2N5O3S. The minimum Gasteiger partial charge on any atom is -0.367 e. The molecule has 0 fully saturated rings. The largest absolute Gasteiger partial charge is 0.367 e. The second kappa shape index (κ2) is 8.82. The zero-order valence-electron chi connectivity index (χ0n) is 19.4. The van der Waals surface area contributed by atoms with Gasteiger partial charge in [0.15, 0.2) is 0 Å². The molecule has 0 atom stereocenters. The van der Waals surface area contributed by atoms with Gasteiger partial charge < -0.3 is 10.3 Å². The van der Waals surface area contributed by atoms with E-state index in [0.717, 1.165) is 12.1 Å². The van der Waals surface area contributed by atoms with Crippen molar-refractivity contribution in [1.82, 2.24) is 15.0 Å². The first-order chi connectivity index (χ1) is 16.4. The lowest BCUT2D eigenvalue weighted by Gasteiger charge is -2.16. The van der Waals surface area contributed by atoms with Crippen LogP contribution >= 0.6 is 0 Å². The van der Waals surface area contributed by atoms with Crippen LogP contribution in [0, 0.1) is 25.5 Å². The number of nitrogens with zero attached hydrogens (tertiary/aromatic N) is 2. The number of hydrogen-bond donors (Lipinski definition) is 3. The fourth-order valence-corrected chi connectivity index (χ4v) is 5.02. The molecule has 8 nitrogen and oxygen atoms in total. The van der Waals surface area contributed by atoms with Crippen LogP contribution in [-0.4, -0.2) is 35.2 Å². The summed E-state index contributed by atoms with van der Waals surface area (Å²) in [7, 11) is -4.25. The lowest BCUT2D eigenvalue weighted by Crippen LogP contribution is -2.16. The Bertz CT molecular complexity index is 1600. The van der Waals surface area contributed by atoms with Crippen LogP contribution in [0.15, 0.2) is 41.7 Å². The lowest BCUT2D eigenvalue weighted by molar-refractivity contribution is 0.103. The van der Waals surface area contributed by atoms with Crippen LogP contribution in [0.5, 0.6) is 0 Å². The number of carbonyl (C=O) groups is 1. The van der Waals surface area contributed by atoms with Crippen LogP contribution in [0.25, 0.3) is 22.2 Å². The highest BCUT2D eigenvalue weighted by atomic mass is 32.2. The Hall–Kier alpha value is -3.70. The van der Waals surface area contributed by atoms with Crippen LogP contribution in [0.2, 0.25) is 0 Å². The van der Waals surface area contributed by atoms with E-state index in [2.05, 4.69) is 20.3 Å². The molecule has 4 aromatic rings. The van der Waals surface area contributed by atoms with E-state index in [-0.39, 0.29) is 33.0 Å². The van der Waals surface area contributed by atoms with Gasteiger partial charge in [0.1, 0.15) is 29.4 Å². The molecule has 2 aromatic carbocycles. The summed E-state index contributed by atoms with van der Waals surface area (Å²) in [5.74, 6) is -2.91. The summed E-state index contributed by atoms with van der Waals surface area (Å²) in [6.45, 7) is 7.00. The minimum absolute atomic E-state index is 0.0333. The molecule has 35 heavy (non-hydrogen) atoms. The van der Waals surface area contributed by atoms with Crippen molar-refractivity contribution in [2.45, 2.75) is 38.6 Å². The van der Waals surface area contributed by atoms with E-state index in [1.165, 1.54) is 18.6 Å². The highest BCUT2D eigenvalue weighted by Crippen LogP contribution is 2.36. The SMILES string of the molecule is Cc1cc(C)c(-c2ccc(F)c(C(=O)c3c[nH]c4ncnc(NC(C)C)c34)c2F)c(S(N)(=O)=O)c1. The van der Waals surface area contributed by atoms with Crippen LogP contribution in [0.1, 0.15) is 40.9 Å². The Labute approximate surface area is 200 Å². The van der Waals surface area contributed by atoms with Crippen LogP contribution in [0.4, 0.5) is 14.6 Å². The van der Waals surface area contributed by atoms with Gasteiger partial charge in [-0.25, -0.2) is 32.3 Å². The highest BCUT2D eigenvalue weighted by Gasteiger charge is 2.28. The molecule has 0 aliphatic carbocycles. The van der Waals surface area contributed by atoms with Gasteiger partial charge in [-0.1, -0.05) is 6.07 Å². The van der Waals surface area contributed by atoms with Crippen molar-refractivity contribution in [2.24, 2.45) is 5.14 Å². The van der Waals surface area contributed by atoms with E-state index in [0.29, 0.717) is 22.6 Å². The van der Waals surface area contributed by atoms with Crippen LogP contribution in [0.3, 0.4) is 0 Å². The number of benzene rings is 2. The van der Waals surface area contributed by atoms with Gasteiger partial charge >= 0.3 is 0 Å². The first kappa shape index (κ1) is 24.4. The Morgan fingerprint density at radius 2 is 1.86 bits per heavy atom. The van der Waals surface area contributed by atoms with Crippen LogP contribution in [-0.2, 0) is 10.0 Å². The van der Waals surface area contributed by atoms with E-state index in [4.69, 9.17) is 5.14 Å². The third-order valence-corrected chi connectivity index (χ3v) is 6.41. The normalized spacial score (nSPS) is 11.9. The van der Waals surface area contributed by atoms with Crippen molar-refractivity contribution < 1.29 is 22.0 Å². The Morgan fingerprint density at radius 1 is 1.14 bits per heavy atom. The fourth-order valence-electron chi connectivity index (χ4n) is 4.11. The maximum absolute atomic E-state index is 15.9. The van der Waals surface area contributed by atoms with E-state index < -0.39 is 33.0 Å². The van der Waals surface area contributed by atoms with Gasteiger partial charge in [0.25, 0.3) is 0 Å². The summed E-state index contributed by atoms with van der Waals surface area (Å²) in [4.78, 5) is 24.2. The minimum atomic E-state index is -4.25. The molecule has 0 aliphatic rings. The molecule has 4 rings (SSSR count). The van der Waals surface area contributed by atoms with Crippen molar-refractivity contribution in [3.8, 4) is 11.1 Å². The summed E-state index contributed by atoms with van der Waals surface area (Å²) < 4.78 is 55.4. The monoisotopic (exact) mass is 499 g/mol. The number of aromatic amines is 1. The quantitative estimate of drug-likeness (QED) is 0.341. The number of ketones is 1. The summed E-state index contributed by atoms with van der Waals surface area (Å²) in [5, 5.41) is 8.77. The Kier molecular flexibility index (Phi) is 6.16. The molecule has 4 N–H and O–H groups in total. The third-order valence-electron chi connectivity index (χ3n) is 5.48. The number of halogens is 2. The smallest absolute Gasteiger partial charge is 0.238 e. The Morgan fingerprint density at radius 3 is 2.51 bits per heavy atom. The zero-order valence-corrected chi connectivity index (χ0v) is 20.2. The summed E-state index contributed by atoms with van der Waals surface area (Å²) in [6.07, 6.45) is 2.61. The summed E-state index contributed by atoms with van der Waals surface area (Å²) in [5.41, 5.74) is 0.158. The lowest BCUT2D eigenvalue weighted by atomic mass is 9.93. The average Bonchev–Trinajstić information content (AvgIpc) is 3.18. The van der Waals surface area contributed by atoms with Gasteiger partial charge in [0.2, 0.25) is 15.8 Å². The van der Waals surface area contributed by atoms with Crippen molar-refractivity contribution in [1.29, 1.82) is 0 Å². The van der Waals surface area contributed by atoms with E-state index >= 15 is 4.39 Å². The van der Waals surface area contributed by atoms with Gasteiger partial charge in [-0.05, 0) is 57.0 Å². The van der Waals surface area contributed by atoms with Crippen molar-refractivity contribution in [2.75, 3.05) is 5.32 Å².